The third-order valence-corrected chi connectivity index (χ3v) is 4.56. The fourth-order valence-corrected chi connectivity index (χ4v) is 3.10. The standard InChI is InChI=1S/C14H17BrN6O2/c1-19-14(22)13(15)10(7-17-19)20-3-5-21(6-4-20)11-8-16-9-12(18-11)23-2/h7-9H,3-6H2,1-2H3. The minimum absolute atomic E-state index is 0.136. The van der Waals surface area contributed by atoms with Crippen molar-refractivity contribution < 1.29 is 4.74 Å². The van der Waals surface area contributed by atoms with Gasteiger partial charge in [0, 0.05) is 33.2 Å². The van der Waals surface area contributed by atoms with Crippen LogP contribution in [-0.2, 0) is 7.05 Å². The highest BCUT2D eigenvalue weighted by molar-refractivity contribution is 9.10. The molecular weight excluding hydrogens is 364 g/mol. The molecule has 23 heavy (non-hydrogen) atoms. The number of hydrogen-bond acceptors (Lipinski definition) is 7. The molecule has 9 heteroatoms. The van der Waals surface area contributed by atoms with Gasteiger partial charge in [-0.1, -0.05) is 0 Å². The zero-order chi connectivity index (χ0) is 16.4. The van der Waals surface area contributed by atoms with E-state index in [-0.39, 0.29) is 5.56 Å². The second-order valence-corrected chi connectivity index (χ2v) is 5.96. The Kier molecular flexibility index (Phi) is 4.46. The predicted molar refractivity (Wildman–Crippen MR) is 90.2 cm³/mol. The molecule has 0 radical (unpaired) electrons. The van der Waals surface area contributed by atoms with Crippen LogP contribution in [0.3, 0.4) is 0 Å². The molecular formula is C14H17BrN6O2. The van der Waals surface area contributed by atoms with Crippen LogP contribution in [0.15, 0.2) is 27.9 Å². The Morgan fingerprint density at radius 3 is 2.52 bits per heavy atom. The number of piperazine rings is 1. The maximum atomic E-state index is 12.0. The van der Waals surface area contributed by atoms with E-state index in [1.54, 1.807) is 32.7 Å². The van der Waals surface area contributed by atoms with Gasteiger partial charge in [0.2, 0.25) is 5.88 Å². The molecule has 0 amide bonds. The summed E-state index contributed by atoms with van der Waals surface area (Å²) in [6.45, 7) is 3.10. The molecule has 1 saturated heterocycles. The number of methoxy groups -OCH3 is 1. The molecule has 0 bridgehead atoms. The van der Waals surface area contributed by atoms with Crippen molar-refractivity contribution in [3.05, 3.63) is 33.4 Å². The molecule has 1 fully saturated rings. The summed E-state index contributed by atoms with van der Waals surface area (Å²) in [5.74, 6) is 1.30. The maximum Gasteiger partial charge on any atom is 0.282 e. The number of aryl methyl sites for hydroxylation is 1. The fourth-order valence-electron chi connectivity index (χ4n) is 2.49. The quantitative estimate of drug-likeness (QED) is 0.774. The van der Waals surface area contributed by atoms with Crippen molar-refractivity contribution in [1.82, 2.24) is 19.7 Å². The Labute approximate surface area is 141 Å². The highest BCUT2D eigenvalue weighted by Gasteiger charge is 2.21. The van der Waals surface area contributed by atoms with Crippen LogP contribution in [0.2, 0.25) is 0 Å². The molecule has 0 N–H and O–H groups in total. The molecule has 0 atom stereocenters. The van der Waals surface area contributed by atoms with Crippen LogP contribution in [-0.4, -0.2) is 53.0 Å². The Morgan fingerprint density at radius 1 is 1.13 bits per heavy atom. The van der Waals surface area contributed by atoms with E-state index < -0.39 is 0 Å². The highest BCUT2D eigenvalue weighted by atomic mass is 79.9. The van der Waals surface area contributed by atoms with Crippen LogP contribution in [0.4, 0.5) is 11.5 Å². The first-order chi connectivity index (χ1) is 11.1. The van der Waals surface area contributed by atoms with Crippen LogP contribution in [0.5, 0.6) is 5.88 Å². The Bertz CT molecular complexity index is 757. The van der Waals surface area contributed by atoms with Gasteiger partial charge in [0.1, 0.15) is 4.47 Å². The van der Waals surface area contributed by atoms with E-state index in [0.29, 0.717) is 10.4 Å². The number of rotatable bonds is 3. The number of hydrogen-bond donors (Lipinski definition) is 0. The van der Waals surface area contributed by atoms with E-state index >= 15 is 0 Å². The first kappa shape index (κ1) is 15.7. The average molecular weight is 381 g/mol. The fraction of sp³-hybridized carbons (Fsp3) is 0.429. The van der Waals surface area contributed by atoms with Crippen molar-refractivity contribution in [3.8, 4) is 5.88 Å². The zero-order valence-corrected chi connectivity index (χ0v) is 14.5. The molecule has 0 saturated carbocycles. The lowest BCUT2D eigenvalue weighted by Crippen LogP contribution is -2.47. The maximum absolute atomic E-state index is 12.0. The minimum atomic E-state index is -0.136. The van der Waals surface area contributed by atoms with Crippen molar-refractivity contribution >= 4 is 27.4 Å². The van der Waals surface area contributed by atoms with Crippen LogP contribution in [0, 0.1) is 0 Å². The third kappa shape index (κ3) is 3.14. The lowest BCUT2D eigenvalue weighted by Gasteiger charge is -2.36. The average Bonchev–Trinajstić information content (AvgIpc) is 2.60. The summed E-state index contributed by atoms with van der Waals surface area (Å²) in [6, 6.07) is 0. The van der Waals surface area contributed by atoms with Crippen molar-refractivity contribution in [2.75, 3.05) is 43.1 Å². The van der Waals surface area contributed by atoms with Crippen LogP contribution >= 0.6 is 15.9 Å². The lowest BCUT2D eigenvalue weighted by atomic mass is 10.3. The van der Waals surface area contributed by atoms with Gasteiger partial charge in [-0.15, -0.1) is 0 Å². The topological polar surface area (TPSA) is 76.4 Å². The van der Waals surface area contributed by atoms with E-state index in [1.807, 2.05) is 0 Å². The molecule has 122 valence electrons. The second kappa shape index (κ2) is 6.53. The Hall–Kier alpha value is -2.16. The smallest absolute Gasteiger partial charge is 0.282 e. The van der Waals surface area contributed by atoms with E-state index in [0.717, 1.165) is 37.7 Å². The normalized spacial score (nSPS) is 14.9. The molecule has 0 spiro atoms. The number of ether oxygens (including phenoxy) is 1. The summed E-state index contributed by atoms with van der Waals surface area (Å²) < 4.78 is 6.98. The molecule has 3 rings (SSSR count). The van der Waals surface area contributed by atoms with Gasteiger partial charge >= 0.3 is 0 Å². The zero-order valence-electron chi connectivity index (χ0n) is 12.9. The van der Waals surface area contributed by atoms with Gasteiger partial charge in [-0.2, -0.15) is 10.1 Å². The lowest BCUT2D eigenvalue weighted by molar-refractivity contribution is 0.395. The number of halogens is 1. The molecule has 0 aromatic carbocycles. The Balaban J connectivity index is 1.73. The highest BCUT2D eigenvalue weighted by Crippen LogP contribution is 2.24. The van der Waals surface area contributed by atoms with Gasteiger partial charge in [0.05, 0.1) is 31.4 Å². The van der Waals surface area contributed by atoms with Crippen LogP contribution in [0.1, 0.15) is 0 Å². The number of nitrogens with zero attached hydrogens (tertiary/aromatic N) is 6. The van der Waals surface area contributed by atoms with Crippen molar-refractivity contribution in [2.45, 2.75) is 0 Å². The number of aromatic nitrogens is 4. The first-order valence-electron chi connectivity index (χ1n) is 7.18. The van der Waals surface area contributed by atoms with Crippen LogP contribution in [0.25, 0.3) is 0 Å². The molecule has 1 aliphatic heterocycles. The monoisotopic (exact) mass is 380 g/mol. The SMILES string of the molecule is COc1cncc(N2CCN(c3cnn(C)c(=O)c3Br)CC2)n1. The van der Waals surface area contributed by atoms with Gasteiger partial charge in [-0.25, -0.2) is 4.68 Å². The minimum Gasteiger partial charge on any atom is -0.480 e. The summed E-state index contributed by atoms with van der Waals surface area (Å²) >= 11 is 3.38. The third-order valence-electron chi connectivity index (χ3n) is 3.81. The summed E-state index contributed by atoms with van der Waals surface area (Å²) in [6.07, 6.45) is 5.03. The molecule has 8 nitrogen and oxygen atoms in total. The first-order valence-corrected chi connectivity index (χ1v) is 7.97. The second-order valence-electron chi connectivity index (χ2n) is 5.17. The Morgan fingerprint density at radius 2 is 1.83 bits per heavy atom. The molecule has 0 aliphatic carbocycles. The summed E-state index contributed by atoms with van der Waals surface area (Å²) in [5, 5.41) is 4.09. The van der Waals surface area contributed by atoms with E-state index in [2.05, 4.69) is 40.8 Å². The predicted octanol–water partition coefficient (Wildman–Crippen LogP) is 0.668. The van der Waals surface area contributed by atoms with E-state index in [1.165, 1.54) is 4.68 Å². The summed E-state index contributed by atoms with van der Waals surface area (Å²) in [4.78, 5) is 24.8. The van der Waals surface area contributed by atoms with Crippen molar-refractivity contribution in [2.24, 2.45) is 7.05 Å². The van der Waals surface area contributed by atoms with E-state index in [4.69, 9.17) is 4.74 Å². The number of anilines is 2. The van der Waals surface area contributed by atoms with Crippen molar-refractivity contribution in [3.63, 3.8) is 0 Å². The molecule has 0 unspecified atom stereocenters. The molecule has 2 aromatic heterocycles. The van der Waals surface area contributed by atoms with Gasteiger partial charge in [0.15, 0.2) is 5.82 Å². The van der Waals surface area contributed by atoms with Gasteiger partial charge in [0.25, 0.3) is 5.56 Å². The van der Waals surface area contributed by atoms with Crippen LogP contribution < -0.4 is 20.1 Å². The largest absolute Gasteiger partial charge is 0.480 e. The molecule has 2 aromatic rings. The van der Waals surface area contributed by atoms with Gasteiger partial charge in [-0.05, 0) is 15.9 Å². The molecule has 3 heterocycles. The summed E-state index contributed by atoms with van der Waals surface area (Å²) in [5.41, 5.74) is 0.688. The van der Waals surface area contributed by atoms with Gasteiger partial charge in [-0.3, -0.25) is 9.78 Å². The van der Waals surface area contributed by atoms with Crippen molar-refractivity contribution in [1.29, 1.82) is 0 Å². The molecule has 1 aliphatic rings. The summed E-state index contributed by atoms with van der Waals surface area (Å²) in [7, 11) is 3.21. The van der Waals surface area contributed by atoms with E-state index in [9.17, 15) is 4.79 Å². The van der Waals surface area contributed by atoms with Gasteiger partial charge < -0.3 is 14.5 Å².